The van der Waals surface area contributed by atoms with Crippen molar-refractivity contribution in [3.8, 4) is 22.6 Å². The molecule has 0 saturated heterocycles. The molecule has 5 heterocycles. The van der Waals surface area contributed by atoms with Crippen molar-refractivity contribution in [3.63, 3.8) is 0 Å². The van der Waals surface area contributed by atoms with Crippen LogP contribution in [0.3, 0.4) is 0 Å². The molecule has 40 heavy (non-hydrogen) atoms. The number of carbonyl (C=O) groups excluding carboxylic acids is 1. The number of hydrogen-bond acceptors (Lipinski definition) is 6. The quantitative estimate of drug-likeness (QED) is 0.332. The van der Waals surface area contributed by atoms with Crippen molar-refractivity contribution in [2.45, 2.75) is 24.6 Å². The molecular weight excluding hydrogens is 523 g/mol. The maximum absolute atomic E-state index is 14.5. The number of carbonyl (C=O) groups is 1. The lowest BCUT2D eigenvalue weighted by atomic mass is 9.74. The molecule has 1 amide bonds. The number of aromatic nitrogens is 1. The average Bonchev–Trinajstić information content (AvgIpc) is 3.71. The van der Waals surface area contributed by atoms with Gasteiger partial charge in [0.05, 0.1) is 13.2 Å². The van der Waals surface area contributed by atoms with E-state index in [9.17, 15) is 18.0 Å². The summed E-state index contributed by atoms with van der Waals surface area (Å²) >= 11 is 0. The Morgan fingerprint density at radius 1 is 1.05 bits per heavy atom. The minimum atomic E-state index is -4.62. The van der Waals surface area contributed by atoms with Crippen molar-refractivity contribution >= 4 is 17.4 Å². The molecule has 0 fully saturated rings. The molecule has 1 spiro atoms. The van der Waals surface area contributed by atoms with Crippen molar-refractivity contribution in [3.05, 3.63) is 89.0 Å². The van der Waals surface area contributed by atoms with Crippen molar-refractivity contribution < 1.29 is 31.9 Å². The third kappa shape index (κ3) is 3.51. The number of halogens is 3. The number of furan rings is 1. The van der Waals surface area contributed by atoms with E-state index in [-0.39, 0.29) is 24.8 Å². The molecule has 0 saturated carbocycles. The zero-order valence-corrected chi connectivity index (χ0v) is 21.7. The molecule has 3 aliphatic rings. The van der Waals surface area contributed by atoms with E-state index in [0.29, 0.717) is 24.5 Å². The number of ether oxygens (including phenoxy) is 2. The largest absolute Gasteiger partial charge is 0.493 e. The Bertz CT molecular complexity index is 1660. The van der Waals surface area contributed by atoms with Gasteiger partial charge in [-0.05, 0) is 47.5 Å². The highest BCUT2D eigenvalue weighted by Gasteiger charge is 2.58. The fourth-order valence-electron chi connectivity index (χ4n) is 5.95. The Kier molecular flexibility index (Phi) is 5.23. The molecule has 0 aliphatic carbocycles. The Balaban J connectivity index is 1.41. The normalized spacial score (nSPS) is 18.9. The van der Waals surface area contributed by atoms with Crippen LogP contribution in [0.15, 0.2) is 65.2 Å². The maximum atomic E-state index is 14.5. The van der Waals surface area contributed by atoms with Crippen LogP contribution in [0.1, 0.15) is 28.2 Å². The summed E-state index contributed by atoms with van der Waals surface area (Å²) in [4.78, 5) is 22.5. The number of rotatable bonds is 4. The molecule has 10 heteroatoms. The number of nitrogens with zero attached hydrogens (tertiary/aromatic N) is 3. The van der Waals surface area contributed by atoms with Crippen molar-refractivity contribution in [2.24, 2.45) is 0 Å². The fraction of sp³-hybridized carbons (Fsp3) is 0.267. The monoisotopic (exact) mass is 547 g/mol. The first-order chi connectivity index (χ1) is 19.2. The van der Waals surface area contributed by atoms with Crippen LogP contribution in [0, 0.1) is 0 Å². The maximum Gasteiger partial charge on any atom is 0.449 e. The van der Waals surface area contributed by atoms with E-state index in [0.717, 1.165) is 45.5 Å². The molecule has 2 aromatic carbocycles. The van der Waals surface area contributed by atoms with Gasteiger partial charge >= 0.3 is 6.18 Å². The first kappa shape index (κ1) is 24.6. The molecule has 1 atom stereocenters. The van der Waals surface area contributed by atoms with Gasteiger partial charge in [0.2, 0.25) is 11.7 Å². The SMILES string of the molecule is CN(C)c1ccc(-c2cccc3c2C2(COc4cc5c(cc42)CCO5)C(=O)N3Cc2ccc(C(F)(F)F)o2)cn1. The summed E-state index contributed by atoms with van der Waals surface area (Å²) < 4.78 is 56.8. The summed E-state index contributed by atoms with van der Waals surface area (Å²) in [7, 11) is 3.81. The second kappa shape index (κ2) is 8.51. The van der Waals surface area contributed by atoms with Gasteiger partial charge in [-0.25, -0.2) is 4.98 Å². The third-order valence-corrected chi connectivity index (χ3v) is 7.84. The van der Waals surface area contributed by atoms with Gasteiger partial charge in [-0.1, -0.05) is 12.1 Å². The minimum absolute atomic E-state index is 0.0348. The van der Waals surface area contributed by atoms with Crippen LogP contribution in [0.2, 0.25) is 0 Å². The van der Waals surface area contributed by atoms with Gasteiger partial charge < -0.3 is 23.7 Å². The summed E-state index contributed by atoms with van der Waals surface area (Å²) in [5.41, 5.74) is 3.47. The molecule has 3 aliphatic heterocycles. The smallest absolute Gasteiger partial charge is 0.449 e. The minimum Gasteiger partial charge on any atom is -0.493 e. The van der Waals surface area contributed by atoms with Crippen LogP contribution in [0.5, 0.6) is 11.5 Å². The van der Waals surface area contributed by atoms with Crippen LogP contribution in [0.25, 0.3) is 11.1 Å². The zero-order valence-electron chi connectivity index (χ0n) is 21.7. The van der Waals surface area contributed by atoms with Gasteiger partial charge in [0, 0.05) is 55.2 Å². The highest BCUT2D eigenvalue weighted by Crippen LogP contribution is 2.56. The number of fused-ring (bicyclic) bond motifs is 5. The van der Waals surface area contributed by atoms with Crippen LogP contribution in [-0.2, 0) is 29.4 Å². The number of hydrogen-bond donors (Lipinski definition) is 0. The molecule has 4 aromatic rings. The highest BCUT2D eigenvalue weighted by molar-refractivity contribution is 6.13. The zero-order chi connectivity index (χ0) is 27.8. The van der Waals surface area contributed by atoms with Gasteiger partial charge in [0.1, 0.15) is 35.1 Å². The predicted molar refractivity (Wildman–Crippen MR) is 141 cm³/mol. The van der Waals surface area contributed by atoms with Gasteiger partial charge in [0.25, 0.3) is 0 Å². The van der Waals surface area contributed by atoms with Crippen molar-refractivity contribution in [2.75, 3.05) is 37.1 Å². The summed E-state index contributed by atoms with van der Waals surface area (Å²) in [6.45, 7) is 0.450. The molecule has 0 bridgehead atoms. The molecule has 0 radical (unpaired) electrons. The lowest BCUT2D eigenvalue weighted by molar-refractivity contribution is -0.153. The number of anilines is 2. The van der Waals surface area contributed by atoms with Crippen LogP contribution in [-0.4, -0.2) is 38.2 Å². The molecule has 2 aromatic heterocycles. The third-order valence-electron chi connectivity index (χ3n) is 7.84. The molecule has 7 nitrogen and oxygen atoms in total. The standard InChI is InChI=1S/C30H24F3N3O4/c1-35(2)26-9-6-18(14-34-26)20-4-3-5-22-27(20)29(16-39-24-13-23-17(10-11-38-23)12-21(24)29)28(37)36(22)15-19-7-8-25(40-19)30(31,32)33/h3-9,12-14H,10-11,15-16H2,1-2H3. The number of amides is 1. The summed E-state index contributed by atoms with van der Waals surface area (Å²) in [5, 5.41) is 0. The lowest BCUT2D eigenvalue weighted by Gasteiger charge is -2.24. The Hall–Kier alpha value is -4.47. The fourth-order valence-corrected chi connectivity index (χ4v) is 5.95. The van der Waals surface area contributed by atoms with Gasteiger partial charge in [-0.3, -0.25) is 4.79 Å². The first-order valence-electron chi connectivity index (χ1n) is 12.8. The predicted octanol–water partition coefficient (Wildman–Crippen LogP) is 5.59. The molecule has 0 N–H and O–H groups in total. The topological polar surface area (TPSA) is 68.0 Å². The van der Waals surface area contributed by atoms with E-state index >= 15 is 0 Å². The Labute approximate surface area is 227 Å². The van der Waals surface area contributed by atoms with E-state index in [2.05, 4.69) is 4.98 Å². The average molecular weight is 548 g/mol. The van der Waals surface area contributed by atoms with E-state index < -0.39 is 17.4 Å². The molecule has 1 unspecified atom stereocenters. The van der Waals surface area contributed by atoms with Gasteiger partial charge in [0.15, 0.2) is 0 Å². The first-order valence-corrected chi connectivity index (χ1v) is 12.8. The van der Waals surface area contributed by atoms with Crippen LogP contribution in [0.4, 0.5) is 24.7 Å². The molecule has 7 rings (SSSR count). The van der Waals surface area contributed by atoms with Crippen LogP contribution >= 0.6 is 0 Å². The lowest BCUT2D eigenvalue weighted by Crippen LogP contribution is -2.42. The van der Waals surface area contributed by atoms with E-state index in [1.165, 1.54) is 11.0 Å². The summed E-state index contributed by atoms with van der Waals surface area (Å²) in [6.07, 6.45) is -2.14. The Morgan fingerprint density at radius 3 is 2.62 bits per heavy atom. The molecular formula is C30H24F3N3O4. The molecule has 204 valence electrons. The van der Waals surface area contributed by atoms with Gasteiger partial charge in [-0.2, -0.15) is 13.2 Å². The summed E-state index contributed by atoms with van der Waals surface area (Å²) in [5.74, 6) is 0.741. The number of benzene rings is 2. The second-order valence-corrected chi connectivity index (χ2v) is 10.4. The summed E-state index contributed by atoms with van der Waals surface area (Å²) in [6, 6.07) is 15.4. The highest BCUT2D eigenvalue weighted by atomic mass is 19.4. The van der Waals surface area contributed by atoms with Gasteiger partial charge in [-0.15, -0.1) is 0 Å². The van der Waals surface area contributed by atoms with Crippen molar-refractivity contribution in [1.29, 1.82) is 0 Å². The van der Waals surface area contributed by atoms with E-state index in [1.54, 1.807) is 6.20 Å². The van der Waals surface area contributed by atoms with E-state index in [4.69, 9.17) is 13.9 Å². The number of alkyl halides is 3. The second-order valence-electron chi connectivity index (χ2n) is 10.4. The Morgan fingerprint density at radius 2 is 1.90 bits per heavy atom. The van der Waals surface area contributed by atoms with Crippen molar-refractivity contribution in [1.82, 2.24) is 4.98 Å². The number of pyridine rings is 1. The van der Waals surface area contributed by atoms with Crippen LogP contribution < -0.4 is 19.3 Å². The van der Waals surface area contributed by atoms with E-state index in [1.807, 2.05) is 61.5 Å².